The fourth-order valence-corrected chi connectivity index (χ4v) is 3.32. The summed E-state index contributed by atoms with van der Waals surface area (Å²) in [5.41, 5.74) is 1.55. The third kappa shape index (κ3) is 1.81. The molecule has 2 fully saturated rings. The van der Waals surface area contributed by atoms with Gasteiger partial charge < -0.3 is 15.0 Å². The van der Waals surface area contributed by atoms with Gasteiger partial charge in [0.05, 0.1) is 5.56 Å². The summed E-state index contributed by atoms with van der Waals surface area (Å²) in [7, 11) is 0. The minimum Gasteiger partial charge on any atom is -0.348 e. The zero-order valence-corrected chi connectivity index (χ0v) is 10.5. The van der Waals surface area contributed by atoms with E-state index in [9.17, 15) is 4.79 Å². The van der Waals surface area contributed by atoms with Gasteiger partial charge in [-0.3, -0.25) is 4.79 Å². The van der Waals surface area contributed by atoms with Crippen molar-refractivity contribution in [2.45, 2.75) is 24.9 Å². The van der Waals surface area contributed by atoms with Crippen LogP contribution < -0.4 is 10.6 Å². The number of nitrogens with one attached hydrogen (secondary N) is 2. The van der Waals surface area contributed by atoms with E-state index in [1.165, 1.54) is 6.42 Å². The summed E-state index contributed by atoms with van der Waals surface area (Å²) in [5, 5.41) is 6.61. The number of carbonyl (C=O) groups is 1. The number of aromatic nitrogens is 2. The highest BCUT2D eigenvalue weighted by Gasteiger charge is 2.40. The van der Waals surface area contributed by atoms with Crippen molar-refractivity contribution in [1.82, 2.24) is 20.0 Å². The topological polar surface area (TPSA) is 58.4 Å². The monoisotopic (exact) mass is 256 g/mol. The molecule has 98 valence electrons. The molecule has 5 nitrogen and oxygen atoms in total. The molecule has 2 aromatic rings. The largest absolute Gasteiger partial charge is 0.348 e. The van der Waals surface area contributed by atoms with Crippen LogP contribution in [0, 0.1) is 5.92 Å². The molecule has 2 aliphatic rings. The van der Waals surface area contributed by atoms with E-state index in [0.29, 0.717) is 11.6 Å². The maximum absolute atomic E-state index is 12.3. The highest BCUT2D eigenvalue weighted by Crippen LogP contribution is 2.31. The van der Waals surface area contributed by atoms with Gasteiger partial charge in [-0.2, -0.15) is 0 Å². The molecule has 4 rings (SSSR count). The van der Waals surface area contributed by atoms with Crippen LogP contribution in [0.2, 0.25) is 0 Å². The standard InChI is InChI=1S/C14H16N4O/c19-14(17-12-6-9-5-11(12)16-7-9)10-1-2-13-15-3-4-18(13)8-10/h1-4,8-9,11-12,16H,5-7H2,(H,17,19)/t9-,11-,12+/m0/s1. The van der Waals surface area contributed by atoms with E-state index in [0.717, 1.165) is 24.5 Å². The lowest BCUT2D eigenvalue weighted by Gasteiger charge is -2.23. The van der Waals surface area contributed by atoms with E-state index in [1.807, 2.05) is 28.9 Å². The van der Waals surface area contributed by atoms with Crippen LogP contribution in [0.25, 0.3) is 5.65 Å². The van der Waals surface area contributed by atoms with Gasteiger partial charge in [-0.15, -0.1) is 0 Å². The highest BCUT2D eigenvalue weighted by atomic mass is 16.1. The van der Waals surface area contributed by atoms with Crippen LogP contribution >= 0.6 is 0 Å². The second-order valence-corrected chi connectivity index (χ2v) is 5.54. The first-order valence-corrected chi connectivity index (χ1v) is 6.76. The molecular formula is C14H16N4O. The number of amides is 1. The first-order chi connectivity index (χ1) is 9.29. The maximum atomic E-state index is 12.3. The van der Waals surface area contributed by atoms with Gasteiger partial charge >= 0.3 is 0 Å². The summed E-state index contributed by atoms with van der Waals surface area (Å²) in [6.45, 7) is 1.11. The Morgan fingerprint density at radius 3 is 3.16 bits per heavy atom. The summed E-state index contributed by atoms with van der Waals surface area (Å²) < 4.78 is 1.87. The Hall–Kier alpha value is -1.88. The first-order valence-electron chi connectivity index (χ1n) is 6.76. The molecule has 3 heterocycles. The van der Waals surface area contributed by atoms with Crippen molar-refractivity contribution < 1.29 is 4.79 Å². The van der Waals surface area contributed by atoms with Crippen molar-refractivity contribution in [2.24, 2.45) is 5.92 Å². The number of hydrogen-bond acceptors (Lipinski definition) is 3. The van der Waals surface area contributed by atoms with Gasteiger partial charge in [0.1, 0.15) is 5.65 Å². The fourth-order valence-electron chi connectivity index (χ4n) is 3.32. The van der Waals surface area contributed by atoms with Crippen LogP contribution in [-0.2, 0) is 0 Å². The Labute approximate surface area is 111 Å². The Morgan fingerprint density at radius 2 is 2.37 bits per heavy atom. The van der Waals surface area contributed by atoms with Gasteiger partial charge in [0.2, 0.25) is 0 Å². The van der Waals surface area contributed by atoms with E-state index >= 15 is 0 Å². The van der Waals surface area contributed by atoms with Crippen LogP contribution in [0.1, 0.15) is 23.2 Å². The van der Waals surface area contributed by atoms with Gasteiger partial charge in [-0.25, -0.2) is 4.98 Å². The molecule has 0 unspecified atom stereocenters. The van der Waals surface area contributed by atoms with Crippen molar-refractivity contribution in [2.75, 3.05) is 6.54 Å². The zero-order valence-electron chi connectivity index (χ0n) is 10.5. The molecule has 0 radical (unpaired) electrons. The zero-order chi connectivity index (χ0) is 12.8. The van der Waals surface area contributed by atoms with E-state index in [4.69, 9.17) is 0 Å². The molecule has 3 atom stereocenters. The van der Waals surface area contributed by atoms with E-state index < -0.39 is 0 Å². The Kier molecular flexibility index (Phi) is 2.35. The predicted octanol–water partition coefficient (Wildman–Crippen LogP) is 0.814. The quantitative estimate of drug-likeness (QED) is 0.836. The average molecular weight is 256 g/mol. The molecule has 2 aromatic heterocycles. The number of imidazole rings is 1. The lowest BCUT2D eigenvalue weighted by atomic mass is 10.1. The number of nitrogens with zero attached hydrogens (tertiary/aromatic N) is 2. The van der Waals surface area contributed by atoms with E-state index in [-0.39, 0.29) is 11.9 Å². The second kappa shape index (κ2) is 4.06. The van der Waals surface area contributed by atoms with Crippen molar-refractivity contribution >= 4 is 11.6 Å². The molecule has 1 aliphatic carbocycles. The maximum Gasteiger partial charge on any atom is 0.253 e. The Balaban J connectivity index is 1.53. The first kappa shape index (κ1) is 11.0. The normalized spacial score (nSPS) is 28.9. The SMILES string of the molecule is O=C(N[C@@H]1C[C@H]2CN[C@H]1C2)c1ccc2nccn2c1. The molecule has 0 spiro atoms. The second-order valence-electron chi connectivity index (χ2n) is 5.54. The van der Waals surface area contributed by atoms with E-state index in [1.54, 1.807) is 6.20 Å². The van der Waals surface area contributed by atoms with Gasteiger partial charge in [0.15, 0.2) is 0 Å². The van der Waals surface area contributed by atoms with Crippen molar-refractivity contribution in [3.05, 3.63) is 36.3 Å². The molecule has 0 aromatic carbocycles. The predicted molar refractivity (Wildman–Crippen MR) is 71.0 cm³/mol. The molecule has 2 bridgehead atoms. The molecule has 1 aliphatic heterocycles. The number of rotatable bonds is 2. The third-order valence-electron chi connectivity index (χ3n) is 4.30. The molecule has 1 saturated heterocycles. The van der Waals surface area contributed by atoms with Crippen LogP contribution in [0.3, 0.4) is 0 Å². The summed E-state index contributed by atoms with van der Waals surface area (Å²) in [5.74, 6) is 0.751. The van der Waals surface area contributed by atoms with Crippen LogP contribution in [0.15, 0.2) is 30.7 Å². The van der Waals surface area contributed by atoms with Crippen molar-refractivity contribution in [1.29, 1.82) is 0 Å². The molecule has 5 heteroatoms. The van der Waals surface area contributed by atoms with Gasteiger partial charge in [0, 0.05) is 30.7 Å². The lowest BCUT2D eigenvalue weighted by molar-refractivity contribution is 0.0928. The van der Waals surface area contributed by atoms with Gasteiger partial charge in [-0.05, 0) is 37.4 Å². The van der Waals surface area contributed by atoms with Crippen LogP contribution in [-0.4, -0.2) is 33.9 Å². The summed E-state index contributed by atoms with van der Waals surface area (Å²) in [6, 6.07) is 4.45. The minimum atomic E-state index is 0.00921. The minimum absolute atomic E-state index is 0.00921. The van der Waals surface area contributed by atoms with Crippen LogP contribution in [0.5, 0.6) is 0 Å². The molecule has 1 saturated carbocycles. The number of fused-ring (bicyclic) bond motifs is 3. The lowest BCUT2D eigenvalue weighted by Crippen LogP contribution is -2.47. The summed E-state index contributed by atoms with van der Waals surface area (Å²) >= 11 is 0. The Morgan fingerprint density at radius 1 is 1.42 bits per heavy atom. The smallest absolute Gasteiger partial charge is 0.253 e. The third-order valence-corrected chi connectivity index (χ3v) is 4.30. The van der Waals surface area contributed by atoms with E-state index in [2.05, 4.69) is 15.6 Å². The number of hydrogen-bond donors (Lipinski definition) is 2. The van der Waals surface area contributed by atoms with Crippen molar-refractivity contribution in [3.63, 3.8) is 0 Å². The summed E-state index contributed by atoms with van der Waals surface area (Å²) in [4.78, 5) is 16.4. The molecule has 1 amide bonds. The summed E-state index contributed by atoms with van der Waals surface area (Å²) in [6.07, 6.45) is 7.72. The molecular weight excluding hydrogens is 240 g/mol. The van der Waals surface area contributed by atoms with Gasteiger partial charge in [0.25, 0.3) is 5.91 Å². The molecule has 2 N–H and O–H groups in total. The fraction of sp³-hybridized carbons (Fsp3) is 0.429. The number of piperidine rings is 1. The average Bonchev–Trinajstić information content (AvgIpc) is 3.13. The van der Waals surface area contributed by atoms with Gasteiger partial charge in [-0.1, -0.05) is 0 Å². The Bertz CT molecular complexity index is 635. The molecule has 19 heavy (non-hydrogen) atoms. The highest BCUT2D eigenvalue weighted by molar-refractivity contribution is 5.94. The number of carbonyl (C=O) groups excluding carboxylic acids is 1. The number of pyridine rings is 1. The van der Waals surface area contributed by atoms with Crippen LogP contribution in [0.4, 0.5) is 0 Å². The van der Waals surface area contributed by atoms with Crippen molar-refractivity contribution in [3.8, 4) is 0 Å².